The number of nitrogens with zero attached hydrogens (tertiary/aromatic N) is 1. The number of halogens is 1. The number of hydrogen-bond donors (Lipinski definition) is 2. The van der Waals surface area contributed by atoms with Crippen molar-refractivity contribution >= 4 is 38.6 Å². The van der Waals surface area contributed by atoms with Crippen molar-refractivity contribution in [2.24, 2.45) is 0 Å². The molecular weight excluding hydrogens is 318 g/mol. The quantitative estimate of drug-likeness (QED) is 0.904. The molecular formula is C15H18BrN3O. The lowest BCUT2D eigenvalue weighted by Crippen LogP contribution is -2.43. The topological polar surface area (TPSA) is 54.0 Å². The van der Waals surface area contributed by atoms with Gasteiger partial charge < -0.3 is 10.6 Å². The molecule has 0 aliphatic rings. The Morgan fingerprint density at radius 3 is 2.70 bits per heavy atom. The van der Waals surface area contributed by atoms with Crippen LogP contribution in [0.2, 0.25) is 0 Å². The van der Waals surface area contributed by atoms with Crippen LogP contribution in [0.1, 0.15) is 20.8 Å². The number of nitrogens with one attached hydrogen (secondary N) is 2. The maximum absolute atomic E-state index is 11.8. The largest absolute Gasteiger partial charge is 0.361 e. The van der Waals surface area contributed by atoms with Gasteiger partial charge in [-0.15, -0.1) is 0 Å². The van der Waals surface area contributed by atoms with Crippen molar-refractivity contribution in [3.63, 3.8) is 0 Å². The summed E-state index contributed by atoms with van der Waals surface area (Å²) in [5.74, 6) is 0.639. The number of para-hydroxylation sites is 1. The van der Waals surface area contributed by atoms with E-state index in [4.69, 9.17) is 0 Å². The van der Waals surface area contributed by atoms with Crippen LogP contribution in [-0.2, 0) is 4.79 Å². The van der Waals surface area contributed by atoms with Crippen molar-refractivity contribution in [1.29, 1.82) is 0 Å². The Hall–Kier alpha value is -1.62. The Morgan fingerprint density at radius 2 is 2.00 bits per heavy atom. The monoisotopic (exact) mass is 335 g/mol. The Bertz CT molecular complexity index is 635. The highest BCUT2D eigenvalue weighted by Gasteiger charge is 2.13. The lowest BCUT2D eigenvalue weighted by Gasteiger charge is -2.20. The van der Waals surface area contributed by atoms with Crippen molar-refractivity contribution < 1.29 is 4.79 Å². The number of rotatable bonds is 3. The van der Waals surface area contributed by atoms with Gasteiger partial charge in [0.15, 0.2) is 0 Å². The summed E-state index contributed by atoms with van der Waals surface area (Å²) in [6, 6.07) is 9.78. The fourth-order valence-electron chi connectivity index (χ4n) is 1.84. The molecule has 1 heterocycles. The van der Waals surface area contributed by atoms with Crippen LogP contribution >= 0.6 is 15.9 Å². The van der Waals surface area contributed by atoms with Crippen molar-refractivity contribution in [3.8, 4) is 0 Å². The lowest BCUT2D eigenvalue weighted by atomic mass is 10.1. The van der Waals surface area contributed by atoms with Gasteiger partial charge in [-0.05, 0) is 54.9 Å². The van der Waals surface area contributed by atoms with Crippen LogP contribution < -0.4 is 10.6 Å². The Morgan fingerprint density at radius 1 is 1.25 bits per heavy atom. The summed E-state index contributed by atoms with van der Waals surface area (Å²) in [5.41, 5.74) is 0.659. The summed E-state index contributed by atoms with van der Waals surface area (Å²) in [7, 11) is 0. The molecule has 0 fully saturated rings. The van der Waals surface area contributed by atoms with Gasteiger partial charge in [0, 0.05) is 15.4 Å². The summed E-state index contributed by atoms with van der Waals surface area (Å²) in [4.78, 5) is 16.3. The second-order valence-electron chi connectivity index (χ2n) is 5.66. The maximum Gasteiger partial charge on any atom is 0.239 e. The first kappa shape index (κ1) is 14.8. The Balaban J connectivity index is 2.07. The predicted molar refractivity (Wildman–Crippen MR) is 85.8 cm³/mol. The zero-order chi connectivity index (χ0) is 14.8. The molecule has 1 aromatic heterocycles. The molecule has 0 aliphatic carbocycles. The Kier molecular flexibility index (Phi) is 4.28. The second kappa shape index (κ2) is 5.79. The molecule has 2 N–H and O–H groups in total. The number of benzene rings is 1. The number of aromatic nitrogens is 1. The first-order valence-corrected chi connectivity index (χ1v) is 7.25. The number of hydrogen-bond acceptors (Lipinski definition) is 3. The number of pyridine rings is 1. The minimum atomic E-state index is -0.224. The standard InChI is InChI=1S/C15H18BrN3O/c1-15(2,3)19-13(20)9-17-12-8-7-10-5-4-6-11(16)14(10)18-12/h4-8H,9H2,1-3H3,(H,17,18)(H,19,20). The Labute approximate surface area is 127 Å². The number of fused-ring (bicyclic) bond motifs is 1. The van der Waals surface area contributed by atoms with Gasteiger partial charge in [-0.25, -0.2) is 4.98 Å². The molecule has 0 unspecified atom stereocenters. The second-order valence-corrected chi connectivity index (χ2v) is 6.51. The number of amides is 1. The van der Waals surface area contributed by atoms with Gasteiger partial charge in [0.25, 0.3) is 0 Å². The molecule has 1 aromatic carbocycles. The fraction of sp³-hybridized carbons (Fsp3) is 0.333. The third-order valence-electron chi connectivity index (χ3n) is 2.62. The molecule has 0 radical (unpaired) electrons. The number of anilines is 1. The van der Waals surface area contributed by atoms with E-state index in [1.807, 2.05) is 51.1 Å². The lowest BCUT2D eigenvalue weighted by molar-refractivity contribution is -0.120. The predicted octanol–water partition coefficient (Wildman–Crippen LogP) is 3.32. The molecule has 0 atom stereocenters. The summed E-state index contributed by atoms with van der Waals surface area (Å²) < 4.78 is 0.942. The van der Waals surface area contributed by atoms with Crippen LogP contribution in [0.15, 0.2) is 34.8 Å². The molecule has 4 nitrogen and oxygen atoms in total. The molecule has 2 aromatic rings. The number of carbonyl (C=O) groups is 1. The molecule has 2 rings (SSSR count). The zero-order valence-electron chi connectivity index (χ0n) is 11.8. The van der Waals surface area contributed by atoms with Crippen LogP contribution in [0.4, 0.5) is 5.82 Å². The van der Waals surface area contributed by atoms with Crippen molar-refractivity contribution in [1.82, 2.24) is 10.3 Å². The van der Waals surface area contributed by atoms with E-state index < -0.39 is 0 Å². The van der Waals surface area contributed by atoms with Gasteiger partial charge in [0.05, 0.1) is 12.1 Å². The van der Waals surface area contributed by atoms with E-state index in [2.05, 4.69) is 31.5 Å². The summed E-state index contributed by atoms with van der Waals surface area (Å²) in [6.07, 6.45) is 0. The molecule has 0 bridgehead atoms. The van der Waals surface area contributed by atoms with Crippen LogP contribution in [0.3, 0.4) is 0 Å². The first-order chi connectivity index (χ1) is 9.35. The fourth-order valence-corrected chi connectivity index (χ4v) is 2.31. The number of carbonyl (C=O) groups excluding carboxylic acids is 1. The SMILES string of the molecule is CC(C)(C)NC(=O)CNc1ccc2cccc(Br)c2n1. The molecule has 20 heavy (non-hydrogen) atoms. The van der Waals surface area contributed by atoms with Crippen molar-refractivity contribution in [3.05, 3.63) is 34.8 Å². The van der Waals surface area contributed by atoms with E-state index in [9.17, 15) is 4.79 Å². The normalized spacial score (nSPS) is 11.4. The highest BCUT2D eigenvalue weighted by molar-refractivity contribution is 9.10. The summed E-state index contributed by atoms with van der Waals surface area (Å²) >= 11 is 3.48. The van der Waals surface area contributed by atoms with E-state index in [0.29, 0.717) is 5.82 Å². The average molecular weight is 336 g/mol. The average Bonchev–Trinajstić information content (AvgIpc) is 2.35. The van der Waals surface area contributed by atoms with Crippen molar-refractivity contribution in [2.45, 2.75) is 26.3 Å². The van der Waals surface area contributed by atoms with Gasteiger partial charge >= 0.3 is 0 Å². The van der Waals surface area contributed by atoms with E-state index in [1.54, 1.807) is 0 Å². The van der Waals surface area contributed by atoms with E-state index >= 15 is 0 Å². The van der Waals surface area contributed by atoms with Crippen LogP contribution in [0.25, 0.3) is 10.9 Å². The van der Waals surface area contributed by atoms with Gasteiger partial charge in [-0.3, -0.25) is 4.79 Å². The molecule has 0 spiro atoms. The highest BCUT2D eigenvalue weighted by atomic mass is 79.9. The molecule has 106 valence electrons. The minimum Gasteiger partial charge on any atom is -0.361 e. The highest BCUT2D eigenvalue weighted by Crippen LogP contribution is 2.23. The van der Waals surface area contributed by atoms with Gasteiger partial charge in [0.1, 0.15) is 5.82 Å². The van der Waals surface area contributed by atoms with Crippen LogP contribution in [0, 0.1) is 0 Å². The molecule has 0 saturated carbocycles. The van der Waals surface area contributed by atoms with E-state index in [-0.39, 0.29) is 18.0 Å². The minimum absolute atomic E-state index is 0.0495. The van der Waals surface area contributed by atoms with Crippen molar-refractivity contribution in [2.75, 3.05) is 11.9 Å². The molecule has 1 amide bonds. The first-order valence-electron chi connectivity index (χ1n) is 6.45. The molecule has 0 saturated heterocycles. The smallest absolute Gasteiger partial charge is 0.239 e. The summed E-state index contributed by atoms with van der Waals surface area (Å²) in [6.45, 7) is 6.07. The van der Waals surface area contributed by atoms with E-state index in [1.165, 1.54) is 0 Å². The summed E-state index contributed by atoms with van der Waals surface area (Å²) in [5, 5.41) is 7.00. The maximum atomic E-state index is 11.8. The molecule has 5 heteroatoms. The third-order valence-corrected chi connectivity index (χ3v) is 3.26. The van der Waals surface area contributed by atoms with E-state index in [0.717, 1.165) is 15.4 Å². The van der Waals surface area contributed by atoms with Gasteiger partial charge in [-0.1, -0.05) is 12.1 Å². The van der Waals surface area contributed by atoms with Crippen LogP contribution in [0.5, 0.6) is 0 Å². The zero-order valence-corrected chi connectivity index (χ0v) is 13.4. The molecule has 0 aliphatic heterocycles. The van der Waals surface area contributed by atoms with Gasteiger partial charge in [-0.2, -0.15) is 0 Å². The van der Waals surface area contributed by atoms with Crippen LogP contribution in [-0.4, -0.2) is 23.0 Å². The van der Waals surface area contributed by atoms with Gasteiger partial charge in [0.2, 0.25) is 5.91 Å². The third kappa shape index (κ3) is 3.93.